The lowest BCUT2D eigenvalue weighted by Gasteiger charge is -2.07. The summed E-state index contributed by atoms with van der Waals surface area (Å²) < 4.78 is 0. The van der Waals surface area contributed by atoms with E-state index in [4.69, 9.17) is 11.6 Å². The molecule has 0 aliphatic carbocycles. The molecule has 3 rings (SSSR count). The molecule has 0 saturated carbocycles. The highest BCUT2D eigenvalue weighted by Gasteiger charge is 2.05. The van der Waals surface area contributed by atoms with E-state index >= 15 is 0 Å². The molecule has 6 heteroatoms. The maximum absolute atomic E-state index is 5.96. The molecule has 2 heterocycles. The third-order valence-corrected chi connectivity index (χ3v) is 3.21. The van der Waals surface area contributed by atoms with Gasteiger partial charge in [0.05, 0.1) is 11.7 Å². The summed E-state index contributed by atoms with van der Waals surface area (Å²) in [5.74, 6) is 0.794. The van der Waals surface area contributed by atoms with E-state index in [1.165, 1.54) is 6.33 Å². The van der Waals surface area contributed by atoms with Crippen molar-refractivity contribution in [1.29, 1.82) is 0 Å². The summed E-state index contributed by atoms with van der Waals surface area (Å²) >= 11 is 5.96. The number of anilines is 1. The van der Waals surface area contributed by atoms with Crippen LogP contribution in [0.15, 0.2) is 30.7 Å². The van der Waals surface area contributed by atoms with Crippen LogP contribution in [0.4, 0.5) is 5.82 Å². The standard InChI is InChI=1S/C13H12ClN5/c1-8-9(6-18-19-8)5-15-13-11-3-2-10(14)4-12(11)16-7-17-13/h2-4,6-7H,5H2,1H3,(H,18,19)(H,15,16,17). The third-order valence-electron chi connectivity index (χ3n) is 2.98. The molecular weight excluding hydrogens is 262 g/mol. The Balaban J connectivity index is 1.91. The van der Waals surface area contributed by atoms with Gasteiger partial charge in [0.15, 0.2) is 0 Å². The minimum Gasteiger partial charge on any atom is -0.365 e. The van der Waals surface area contributed by atoms with Crippen LogP contribution >= 0.6 is 11.6 Å². The van der Waals surface area contributed by atoms with Crippen LogP contribution in [0.25, 0.3) is 10.9 Å². The van der Waals surface area contributed by atoms with Gasteiger partial charge in [-0.3, -0.25) is 5.10 Å². The number of H-pyrrole nitrogens is 1. The van der Waals surface area contributed by atoms with Crippen LogP contribution in [-0.4, -0.2) is 20.2 Å². The molecular formula is C13H12ClN5. The summed E-state index contributed by atoms with van der Waals surface area (Å²) in [7, 11) is 0. The van der Waals surface area contributed by atoms with Crippen LogP contribution in [0.2, 0.25) is 5.02 Å². The second kappa shape index (κ2) is 4.85. The van der Waals surface area contributed by atoms with Gasteiger partial charge in [0.2, 0.25) is 0 Å². The zero-order valence-electron chi connectivity index (χ0n) is 10.3. The van der Waals surface area contributed by atoms with E-state index in [9.17, 15) is 0 Å². The average molecular weight is 274 g/mol. The highest BCUT2D eigenvalue weighted by atomic mass is 35.5. The molecule has 5 nitrogen and oxygen atoms in total. The first-order valence-electron chi connectivity index (χ1n) is 5.87. The minimum absolute atomic E-state index is 0.664. The van der Waals surface area contributed by atoms with Crippen LogP contribution in [0.1, 0.15) is 11.3 Å². The molecule has 0 spiro atoms. The summed E-state index contributed by atoms with van der Waals surface area (Å²) in [4.78, 5) is 8.48. The van der Waals surface area contributed by atoms with Crippen molar-refractivity contribution in [3.63, 3.8) is 0 Å². The Morgan fingerprint density at radius 1 is 1.32 bits per heavy atom. The normalized spacial score (nSPS) is 10.8. The summed E-state index contributed by atoms with van der Waals surface area (Å²) in [5, 5.41) is 11.8. The molecule has 0 unspecified atom stereocenters. The molecule has 1 aromatic carbocycles. The first-order valence-corrected chi connectivity index (χ1v) is 6.25. The van der Waals surface area contributed by atoms with E-state index < -0.39 is 0 Å². The molecule has 0 fully saturated rings. The van der Waals surface area contributed by atoms with E-state index in [0.717, 1.165) is 28.0 Å². The smallest absolute Gasteiger partial charge is 0.137 e. The number of nitrogens with one attached hydrogen (secondary N) is 2. The lowest BCUT2D eigenvalue weighted by Crippen LogP contribution is -2.02. The van der Waals surface area contributed by atoms with Gasteiger partial charge in [0.1, 0.15) is 12.1 Å². The fourth-order valence-electron chi connectivity index (χ4n) is 1.90. The van der Waals surface area contributed by atoms with Crippen molar-refractivity contribution >= 4 is 28.3 Å². The maximum Gasteiger partial charge on any atom is 0.137 e. The van der Waals surface area contributed by atoms with Crippen LogP contribution in [0, 0.1) is 6.92 Å². The van der Waals surface area contributed by atoms with Crippen LogP contribution in [0.3, 0.4) is 0 Å². The predicted molar refractivity (Wildman–Crippen MR) is 75.2 cm³/mol. The van der Waals surface area contributed by atoms with E-state index in [1.807, 2.05) is 31.3 Å². The van der Waals surface area contributed by atoms with Crippen LogP contribution in [0.5, 0.6) is 0 Å². The first kappa shape index (κ1) is 11.9. The highest BCUT2D eigenvalue weighted by molar-refractivity contribution is 6.31. The topological polar surface area (TPSA) is 66.5 Å². The number of nitrogens with zero attached hydrogens (tertiary/aromatic N) is 3. The second-order valence-electron chi connectivity index (χ2n) is 4.26. The van der Waals surface area contributed by atoms with E-state index in [1.54, 1.807) is 0 Å². The Bertz CT molecular complexity index is 722. The summed E-state index contributed by atoms with van der Waals surface area (Å²) in [5.41, 5.74) is 2.99. The molecule has 0 atom stereocenters. The molecule has 96 valence electrons. The number of rotatable bonds is 3. The van der Waals surface area contributed by atoms with Crippen molar-refractivity contribution in [3.05, 3.63) is 47.0 Å². The Morgan fingerprint density at radius 3 is 3.00 bits per heavy atom. The van der Waals surface area contributed by atoms with Crippen LogP contribution in [-0.2, 0) is 6.54 Å². The summed E-state index contributed by atoms with van der Waals surface area (Å²) in [6, 6.07) is 5.58. The fourth-order valence-corrected chi connectivity index (χ4v) is 2.07. The molecule has 3 aromatic rings. The number of hydrogen-bond acceptors (Lipinski definition) is 4. The lowest BCUT2D eigenvalue weighted by atomic mass is 10.2. The number of benzene rings is 1. The van der Waals surface area contributed by atoms with Gasteiger partial charge in [0, 0.05) is 28.2 Å². The molecule has 0 bridgehead atoms. The molecule has 0 amide bonds. The number of halogens is 1. The van der Waals surface area contributed by atoms with Gasteiger partial charge in [-0.05, 0) is 25.1 Å². The first-order chi connectivity index (χ1) is 9.24. The second-order valence-corrected chi connectivity index (χ2v) is 4.69. The van der Waals surface area contributed by atoms with Crippen molar-refractivity contribution in [2.45, 2.75) is 13.5 Å². The number of aromatic nitrogens is 4. The monoisotopic (exact) mass is 273 g/mol. The fraction of sp³-hybridized carbons (Fsp3) is 0.154. The van der Waals surface area contributed by atoms with Crippen molar-refractivity contribution in [3.8, 4) is 0 Å². The third kappa shape index (κ3) is 2.37. The van der Waals surface area contributed by atoms with Crippen LogP contribution < -0.4 is 5.32 Å². The highest BCUT2D eigenvalue weighted by Crippen LogP contribution is 2.22. The lowest BCUT2D eigenvalue weighted by molar-refractivity contribution is 1.04. The number of aromatic amines is 1. The molecule has 0 saturated heterocycles. The molecule has 2 N–H and O–H groups in total. The molecule has 19 heavy (non-hydrogen) atoms. The summed E-state index contributed by atoms with van der Waals surface area (Å²) in [6.45, 7) is 2.65. The Labute approximate surface area is 115 Å². The largest absolute Gasteiger partial charge is 0.365 e. The SMILES string of the molecule is Cc1[nH]ncc1CNc1ncnc2cc(Cl)ccc12. The summed E-state index contributed by atoms with van der Waals surface area (Å²) in [6.07, 6.45) is 3.34. The average Bonchev–Trinajstić information content (AvgIpc) is 2.81. The van der Waals surface area contributed by atoms with Gasteiger partial charge in [0.25, 0.3) is 0 Å². The van der Waals surface area contributed by atoms with Gasteiger partial charge in [-0.15, -0.1) is 0 Å². The van der Waals surface area contributed by atoms with Crippen molar-refractivity contribution in [1.82, 2.24) is 20.2 Å². The maximum atomic E-state index is 5.96. The number of hydrogen-bond donors (Lipinski definition) is 2. The van der Waals surface area contributed by atoms with Crippen molar-refractivity contribution in [2.75, 3.05) is 5.32 Å². The number of aryl methyl sites for hydroxylation is 1. The van der Waals surface area contributed by atoms with E-state index in [2.05, 4.69) is 25.5 Å². The van der Waals surface area contributed by atoms with Crippen molar-refractivity contribution < 1.29 is 0 Å². The van der Waals surface area contributed by atoms with Gasteiger partial charge in [-0.1, -0.05) is 11.6 Å². The minimum atomic E-state index is 0.664. The predicted octanol–water partition coefficient (Wildman–Crippen LogP) is 2.93. The van der Waals surface area contributed by atoms with Crippen molar-refractivity contribution in [2.24, 2.45) is 0 Å². The number of fused-ring (bicyclic) bond motifs is 1. The Hall–Kier alpha value is -2.14. The Morgan fingerprint density at radius 2 is 2.21 bits per heavy atom. The zero-order chi connectivity index (χ0) is 13.2. The van der Waals surface area contributed by atoms with Gasteiger partial charge in [-0.25, -0.2) is 9.97 Å². The Kier molecular flexibility index (Phi) is 3.05. The van der Waals surface area contributed by atoms with E-state index in [0.29, 0.717) is 11.6 Å². The van der Waals surface area contributed by atoms with Gasteiger partial charge < -0.3 is 5.32 Å². The molecule has 0 aliphatic rings. The zero-order valence-corrected chi connectivity index (χ0v) is 11.1. The molecule has 0 aliphatic heterocycles. The van der Waals surface area contributed by atoms with Gasteiger partial charge >= 0.3 is 0 Å². The quantitative estimate of drug-likeness (QED) is 0.770. The molecule has 0 radical (unpaired) electrons. The van der Waals surface area contributed by atoms with E-state index in [-0.39, 0.29) is 0 Å². The van der Waals surface area contributed by atoms with Gasteiger partial charge in [-0.2, -0.15) is 5.10 Å². The molecule has 2 aromatic heterocycles.